The number of imidazole rings is 1. The molecule has 0 bridgehead atoms. The van der Waals surface area contributed by atoms with Crippen LogP contribution in [0.25, 0.3) is 22.1 Å². The zero-order valence-electron chi connectivity index (χ0n) is 18.3. The number of alkyl halides is 3. The fourth-order valence-corrected chi connectivity index (χ4v) is 4.13. The van der Waals surface area contributed by atoms with Gasteiger partial charge in [0.15, 0.2) is 17.2 Å². The number of halogens is 3. The fourth-order valence-electron chi connectivity index (χ4n) is 4.13. The van der Waals surface area contributed by atoms with Gasteiger partial charge in [0.1, 0.15) is 0 Å². The molecule has 3 heterocycles. The van der Waals surface area contributed by atoms with Crippen molar-refractivity contribution in [2.75, 3.05) is 32.7 Å². The van der Waals surface area contributed by atoms with Crippen LogP contribution in [0.15, 0.2) is 45.6 Å². The van der Waals surface area contributed by atoms with Crippen LogP contribution in [0.2, 0.25) is 0 Å². The SMILES string of the molecule is O=C(CCN1CCN(C(=O)c2nc3ccc(C(F)(F)F)cc3[nH]2)CC1)c1ccc2[nH]c(=O)oc2c1. The molecule has 2 aromatic heterocycles. The lowest BCUT2D eigenvalue weighted by molar-refractivity contribution is -0.137. The van der Waals surface area contributed by atoms with Crippen LogP contribution in [0.5, 0.6) is 0 Å². The van der Waals surface area contributed by atoms with Crippen LogP contribution in [-0.2, 0) is 6.18 Å². The third-order valence-corrected chi connectivity index (χ3v) is 6.07. The Hall–Kier alpha value is -3.93. The fraction of sp³-hybridized carbons (Fsp3) is 0.304. The number of Topliss-reactive ketones (excluding diaryl/α,β-unsaturated/α-hetero) is 1. The van der Waals surface area contributed by atoms with E-state index in [-0.39, 0.29) is 35.0 Å². The predicted octanol–water partition coefficient (Wildman–Crippen LogP) is 3.05. The van der Waals surface area contributed by atoms with E-state index in [0.717, 1.165) is 12.1 Å². The summed E-state index contributed by atoms with van der Waals surface area (Å²) in [6.07, 6.45) is -4.22. The van der Waals surface area contributed by atoms with E-state index in [2.05, 4.69) is 19.9 Å². The van der Waals surface area contributed by atoms with Gasteiger partial charge in [0.2, 0.25) is 0 Å². The number of nitrogens with zero attached hydrogens (tertiary/aromatic N) is 3. The van der Waals surface area contributed by atoms with Gasteiger partial charge in [-0.3, -0.25) is 19.5 Å². The minimum atomic E-state index is -4.48. The molecule has 1 fully saturated rings. The first-order valence-electron chi connectivity index (χ1n) is 10.9. The Morgan fingerprint density at radius 1 is 1.00 bits per heavy atom. The summed E-state index contributed by atoms with van der Waals surface area (Å²) < 4.78 is 43.8. The van der Waals surface area contributed by atoms with Gasteiger partial charge in [-0.1, -0.05) is 0 Å². The smallest absolute Gasteiger partial charge is 0.408 e. The van der Waals surface area contributed by atoms with Gasteiger partial charge in [0, 0.05) is 44.7 Å². The summed E-state index contributed by atoms with van der Waals surface area (Å²) in [4.78, 5) is 49.7. The molecule has 2 aromatic carbocycles. The Labute approximate surface area is 195 Å². The van der Waals surface area contributed by atoms with Crippen LogP contribution < -0.4 is 5.76 Å². The molecule has 0 spiro atoms. The second-order valence-corrected chi connectivity index (χ2v) is 8.35. The molecule has 4 aromatic rings. The van der Waals surface area contributed by atoms with E-state index >= 15 is 0 Å². The highest BCUT2D eigenvalue weighted by atomic mass is 19.4. The van der Waals surface area contributed by atoms with Crippen molar-refractivity contribution in [3.63, 3.8) is 0 Å². The third kappa shape index (κ3) is 4.69. The number of aromatic amines is 2. The molecule has 182 valence electrons. The van der Waals surface area contributed by atoms with Crippen LogP contribution in [-0.4, -0.2) is 69.2 Å². The molecule has 0 aliphatic carbocycles. The van der Waals surface area contributed by atoms with Crippen molar-refractivity contribution in [3.8, 4) is 0 Å². The highest BCUT2D eigenvalue weighted by Gasteiger charge is 2.31. The molecule has 2 N–H and O–H groups in total. The van der Waals surface area contributed by atoms with Crippen LogP contribution in [0.1, 0.15) is 33.0 Å². The Morgan fingerprint density at radius 2 is 1.77 bits per heavy atom. The van der Waals surface area contributed by atoms with E-state index in [9.17, 15) is 27.6 Å². The maximum atomic E-state index is 12.9. The molecule has 1 aliphatic rings. The normalized spacial score (nSPS) is 15.2. The van der Waals surface area contributed by atoms with E-state index in [0.29, 0.717) is 49.4 Å². The number of fused-ring (bicyclic) bond motifs is 2. The average molecular weight is 487 g/mol. The summed E-state index contributed by atoms with van der Waals surface area (Å²) in [6, 6.07) is 7.91. The lowest BCUT2D eigenvalue weighted by atomic mass is 10.1. The van der Waals surface area contributed by atoms with E-state index in [1.165, 1.54) is 12.1 Å². The predicted molar refractivity (Wildman–Crippen MR) is 119 cm³/mol. The van der Waals surface area contributed by atoms with Crippen molar-refractivity contribution in [2.45, 2.75) is 12.6 Å². The number of aromatic nitrogens is 3. The molecule has 0 unspecified atom stereocenters. The van der Waals surface area contributed by atoms with Crippen molar-refractivity contribution >= 4 is 33.8 Å². The zero-order valence-corrected chi connectivity index (χ0v) is 18.3. The second-order valence-electron chi connectivity index (χ2n) is 8.35. The monoisotopic (exact) mass is 487 g/mol. The highest BCUT2D eigenvalue weighted by molar-refractivity contribution is 5.98. The summed E-state index contributed by atoms with van der Waals surface area (Å²) in [7, 11) is 0. The molecule has 1 amide bonds. The lowest BCUT2D eigenvalue weighted by Gasteiger charge is -2.34. The molecular formula is C23H20F3N5O4. The third-order valence-electron chi connectivity index (χ3n) is 6.07. The molecule has 5 rings (SSSR count). The molecular weight excluding hydrogens is 467 g/mol. The van der Waals surface area contributed by atoms with Crippen LogP contribution in [0.4, 0.5) is 13.2 Å². The Morgan fingerprint density at radius 3 is 2.51 bits per heavy atom. The number of oxazole rings is 1. The van der Waals surface area contributed by atoms with Crippen molar-refractivity contribution in [2.24, 2.45) is 0 Å². The number of H-pyrrole nitrogens is 2. The summed E-state index contributed by atoms with van der Waals surface area (Å²) in [5.74, 6) is -1.05. The number of nitrogens with one attached hydrogen (secondary N) is 2. The Bertz CT molecular complexity index is 1480. The lowest BCUT2D eigenvalue weighted by Crippen LogP contribution is -2.49. The minimum Gasteiger partial charge on any atom is -0.408 e. The van der Waals surface area contributed by atoms with Crippen LogP contribution in [0.3, 0.4) is 0 Å². The number of piperazine rings is 1. The van der Waals surface area contributed by atoms with Gasteiger partial charge >= 0.3 is 11.9 Å². The summed E-state index contributed by atoms with van der Waals surface area (Å²) >= 11 is 0. The molecule has 1 saturated heterocycles. The standard InChI is InChI=1S/C23H20F3N5O4/c24-23(25,26)14-2-4-15-17(12-14)28-20(27-15)21(33)31-9-7-30(8-10-31)6-5-18(32)13-1-3-16-19(11-13)35-22(34)29-16/h1-4,11-12H,5-10H2,(H,27,28)(H,29,34). The number of hydrogen-bond donors (Lipinski definition) is 2. The van der Waals surface area contributed by atoms with Gasteiger partial charge in [-0.15, -0.1) is 0 Å². The maximum Gasteiger partial charge on any atom is 0.417 e. The van der Waals surface area contributed by atoms with Crippen molar-refractivity contribution in [1.29, 1.82) is 0 Å². The zero-order chi connectivity index (χ0) is 24.7. The second kappa shape index (κ2) is 8.69. The van der Waals surface area contributed by atoms with Crippen molar-refractivity contribution < 1.29 is 27.2 Å². The van der Waals surface area contributed by atoms with E-state index in [1.54, 1.807) is 17.0 Å². The van der Waals surface area contributed by atoms with E-state index < -0.39 is 17.5 Å². The van der Waals surface area contributed by atoms with E-state index in [1.807, 2.05) is 0 Å². The van der Waals surface area contributed by atoms with Crippen molar-refractivity contribution in [3.05, 3.63) is 63.9 Å². The highest BCUT2D eigenvalue weighted by Crippen LogP contribution is 2.31. The molecule has 0 saturated carbocycles. The molecule has 0 radical (unpaired) electrons. The van der Waals surface area contributed by atoms with Gasteiger partial charge in [-0.05, 0) is 36.4 Å². The summed E-state index contributed by atoms with van der Waals surface area (Å²) in [6.45, 7) is 2.39. The van der Waals surface area contributed by atoms with Gasteiger partial charge in [-0.2, -0.15) is 13.2 Å². The number of carbonyl (C=O) groups is 2. The van der Waals surface area contributed by atoms with E-state index in [4.69, 9.17) is 4.42 Å². The van der Waals surface area contributed by atoms with Gasteiger partial charge in [0.25, 0.3) is 5.91 Å². The first-order valence-corrected chi connectivity index (χ1v) is 10.9. The number of hydrogen-bond acceptors (Lipinski definition) is 6. The first-order chi connectivity index (χ1) is 16.7. The quantitative estimate of drug-likeness (QED) is 0.418. The summed E-state index contributed by atoms with van der Waals surface area (Å²) in [5, 5.41) is 0. The largest absolute Gasteiger partial charge is 0.417 e. The maximum absolute atomic E-state index is 12.9. The number of ketones is 1. The van der Waals surface area contributed by atoms with Gasteiger partial charge in [0.05, 0.1) is 22.1 Å². The first kappa shape index (κ1) is 22.8. The van der Waals surface area contributed by atoms with Gasteiger partial charge < -0.3 is 14.3 Å². The molecule has 12 heteroatoms. The number of amides is 1. The minimum absolute atomic E-state index is 0.00486. The van der Waals surface area contributed by atoms with Crippen molar-refractivity contribution in [1.82, 2.24) is 24.8 Å². The number of rotatable bonds is 5. The molecule has 0 atom stereocenters. The molecule has 9 nitrogen and oxygen atoms in total. The Kier molecular flexibility index (Phi) is 5.67. The number of benzene rings is 2. The Balaban J connectivity index is 1.16. The van der Waals surface area contributed by atoms with Crippen LogP contribution >= 0.6 is 0 Å². The molecule has 35 heavy (non-hydrogen) atoms. The number of carbonyl (C=O) groups excluding carboxylic acids is 2. The average Bonchev–Trinajstić information content (AvgIpc) is 3.43. The summed E-state index contributed by atoms with van der Waals surface area (Å²) in [5.41, 5.74) is 0.930. The molecule has 1 aliphatic heterocycles. The van der Waals surface area contributed by atoms with Crippen LogP contribution in [0, 0.1) is 0 Å². The van der Waals surface area contributed by atoms with Gasteiger partial charge in [-0.25, -0.2) is 9.78 Å². The topological polar surface area (TPSA) is 115 Å².